The molecule has 1 aromatic heterocycles. The van der Waals surface area contributed by atoms with E-state index in [0.717, 1.165) is 0 Å². The zero-order chi connectivity index (χ0) is 16.4. The van der Waals surface area contributed by atoms with Gasteiger partial charge in [-0.2, -0.15) is 0 Å². The van der Waals surface area contributed by atoms with Crippen LogP contribution in [0.4, 0.5) is 4.39 Å². The van der Waals surface area contributed by atoms with Crippen molar-refractivity contribution in [2.45, 2.75) is 19.0 Å². The van der Waals surface area contributed by atoms with Gasteiger partial charge in [0.1, 0.15) is 5.82 Å². The Labute approximate surface area is 133 Å². The summed E-state index contributed by atoms with van der Waals surface area (Å²) in [6.07, 6.45) is 1.73. The summed E-state index contributed by atoms with van der Waals surface area (Å²) in [5.74, 6) is -0.804. The molecule has 1 amide bonds. The van der Waals surface area contributed by atoms with Crippen molar-refractivity contribution in [2.75, 3.05) is 11.5 Å². The second-order valence-corrected chi connectivity index (χ2v) is 7.79. The third kappa shape index (κ3) is 3.44. The van der Waals surface area contributed by atoms with Gasteiger partial charge in [-0.15, -0.1) is 0 Å². The number of rotatable bonds is 4. The molecule has 0 aliphatic carbocycles. The van der Waals surface area contributed by atoms with Crippen LogP contribution < -0.4 is 0 Å². The minimum absolute atomic E-state index is 0.00634. The van der Waals surface area contributed by atoms with Gasteiger partial charge in [-0.05, 0) is 24.6 Å². The van der Waals surface area contributed by atoms with Crippen LogP contribution in [0.25, 0.3) is 0 Å². The maximum atomic E-state index is 13.9. The average Bonchev–Trinajstić information content (AvgIpc) is 3.15. The number of furan rings is 1. The topological polar surface area (TPSA) is 67.6 Å². The number of benzene rings is 1. The smallest absolute Gasteiger partial charge is 0.290 e. The Morgan fingerprint density at radius 2 is 2.04 bits per heavy atom. The van der Waals surface area contributed by atoms with Crippen molar-refractivity contribution in [3.63, 3.8) is 0 Å². The fourth-order valence-corrected chi connectivity index (χ4v) is 4.47. The summed E-state index contributed by atoms with van der Waals surface area (Å²) < 4.78 is 42.5. The minimum Gasteiger partial charge on any atom is -0.459 e. The van der Waals surface area contributed by atoms with Gasteiger partial charge in [0, 0.05) is 18.2 Å². The van der Waals surface area contributed by atoms with Crippen LogP contribution in [0, 0.1) is 5.82 Å². The van der Waals surface area contributed by atoms with Crippen LogP contribution in [0.5, 0.6) is 0 Å². The summed E-state index contributed by atoms with van der Waals surface area (Å²) in [7, 11) is -3.16. The van der Waals surface area contributed by atoms with Crippen LogP contribution in [-0.4, -0.2) is 36.8 Å². The third-order valence-electron chi connectivity index (χ3n) is 3.94. The van der Waals surface area contributed by atoms with Crippen LogP contribution in [0.15, 0.2) is 47.1 Å². The van der Waals surface area contributed by atoms with Crippen LogP contribution in [0.3, 0.4) is 0 Å². The van der Waals surface area contributed by atoms with Gasteiger partial charge in [0.05, 0.1) is 17.8 Å². The first-order valence-electron chi connectivity index (χ1n) is 7.24. The third-order valence-corrected chi connectivity index (χ3v) is 5.69. The van der Waals surface area contributed by atoms with E-state index in [-0.39, 0.29) is 23.8 Å². The van der Waals surface area contributed by atoms with E-state index in [1.807, 2.05) is 0 Å². The van der Waals surface area contributed by atoms with Gasteiger partial charge in [0.15, 0.2) is 15.6 Å². The minimum atomic E-state index is -3.16. The summed E-state index contributed by atoms with van der Waals surface area (Å²) >= 11 is 0. The van der Waals surface area contributed by atoms with Crippen molar-refractivity contribution < 1.29 is 22.0 Å². The fourth-order valence-electron chi connectivity index (χ4n) is 2.74. The highest BCUT2D eigenvalue weighted by Crippen LogP contribution is 2.23. The molecule has 23 heavy (non-hydrogen) atoms. The Hall–Kier alpha value is -2.15. The highest BCUT2D eigenvalue weighted by molar-refractivity contribution is 7.91. The predicted octanol–water partition coefficient (Wildman–Crippen LogP) is 2.25. The van der Waals surface area contributed by atoms with Gasteiger partial charge in [0.2, 0.25) is 0 Å². The molecule has 0 N–H and O–H groups in total. The maximum Gasteiger partial charge on any atom is 0.290 e. The zero-order valence-corrected chi connectivity index (χ0v) is 13.1. The molecule has 1 aliphatic rings. The molecule has 0 unspecified atom stereocenters. The normalized spacial score (nSPS) is 19.6. The Morgan fingerprint density at radius 3 is 2.65 bits per heavy atom. The molecular formula is C16H16FNO4S. The van der Waals surface area contributed by atoms with Crippen LogP contribution in [-0.2, 0) is 16.4 Å². The molecule has 0 spiro atoms. The molecule has 1 aliphatic heterocycles. The Morgan fingerprint density at radius 1 is 1.26 bits per heavy atom. The molecule has 0 bridgehead atoms. The number of hydrogen-bond acceptors (Lipinski definition) is 4. The number of amides is 1. The summed E-state index contributed by atoms with van der Waals surface area (Å²) in [5, 5.41) is 0. The molecule has 1 aromatic carbocycles. The maximum absolute atomic E-state index is 13.9. The average molecular weight is 337 g/mol. The highest BCUT2D eigenvalue weighted by Gasteiger charge is 2.36. The summed E-state index contributed by atoms with van der Waals surface area (Å²) in [6, 6.07) is 8.77. The second-order valence-electron chi connectivity index (χ2n) is 5.56. The SMILES string of the molecule is O=C(c1ccco1)N(Cc1ccccc1F)[C@H]1CCS(=O)(=O)C1. The molecule has 5 nitrogen and oxygen atoms in total. The molecular weight excluding hydrogens is 321 g/mol. The van der Waals surface area contributed by atoms with E-state index in [2.05, 4.69) is 0 Å². The number of carbonyl (C=O) groups is 1. The number of hydrogen-bond donors (Lipinski definition) is 0. The number of nitrogens with zero attached hydrogens (tertiary/aromatic N) is 1. The van der Waals surface area contributed by atoms with E-state index in [1.165, 1.54) is 23.3 Å². The van der Waals surface area contributed by atoms with Gasteiger partial charge >= 0.3 is 0 Å². The van der Waals surface area contributed by atoms with Crippen LogP contribution >= 0.6 is 0 Å². The number of halogens is 1. The monoisotopic (exact) mass is 337 g/mol. The molecule has 1 saturated heterocycles. The molecule has 2 heterocycles. The molecule has 7 heteroatoms. The molecule has 1 atom stereocenters. The van der Waals surface area contributed by atoms with E-state index in [4.69, 9.17) is 4.42 Å². The largest absolute Gasteiger partial charge is 0.459 e. The number of sulfone groups is 1. The second kappa shape index (κ2) is 6.16. The van der Waals surface area contributed by atoms with Gasteiger partial charge in [-0.1, -0.05) is 18.2 Å². The summed E-state index contributed by atoms with van der Waals surface area (Å²) in [6.45, 7) is 0.00634. The van der Waals surface area contributed by atoms with Gasteiger partial charge in [0.25, 0.3) is 5.91 Å². The summed E-state index contributed by atoms with van der Waals surface area (Å²) in [5.41, 5.74) is 0.344. The molecule has 0 saturated carbocycles. The number of carbonyl (C=O) groups excluding carboxylic acids is 1. The van der Waals surface area contributed by atoms with Crippen molar-refractivity contribution in [1.29, 1.82) is 0 Å². The Kier molecular flexibility index (Phi) is 4.21. The molecule has 1 fully saturated rings. The van der Waals surface area contributed by atoms with Gasteiger partial charge < -0.3 is 9.32 Å². The first-order valence-corrected chi connectivity index (χ1v) is 9.07. The van der Waals surface area contributed by atoms with Crippen LogP contribution in [0.2, 0.25) is 0 Å². The summed E-state index contributed by atoms with van der Waals surface area (Å²) in [4.78, 5) is 14.0. The van der Waals surface area contributed by atoms with Crippen molar-refractivity contribution >= 4 is 15.7 Å². The fraction of sp³-hybridized carbons (Fsp3) is 0.312. The lowest BCUT2D eigenvalue weighted by Gasteiger charge is -2.27. The highest BCUT2D eigenvalue weighted by atomic mass is 32.2. The molecule has 2 aromatic rings. The van der Waals surface area contributed by atoms with E-state index in [1.54, 1.807) is 24.3 Å². The lowest BCUT2D eigenvalue weighted by atomic mass is 10.1. The van der Waals surface area contributed by atoms with Gasteiger partial charge in [-0.25, -0.2) is 12.8 Å². The predicted molar refractivity (Wildman–Crippen MR) is 82.0 cm³/mol. The first-order chi connectivity index (χ1) is 11.0. The lowest BCUT2D eigenvalue weighted by Crippen LogP contribution is -2.40. The van der Waals surface area contributed by atoms with Crippen LogP contribution in [0.1, 0.15) is 22.5 Å². The zero-order valence-electron chi connectivity index (χ0n) is 12.3. The quantitative estimate of drug-likeness (QED) is 0.858. The van der Waals surface area contributed by atoms with E-state index in [9.17, 15) is 17.6 Å². The van der Waals surface area contributed by atoms with E-state index in [0.29, 0.717) is 12.0 Å². The molecule has 122 valence electrons. The van der Waals surface area contributed by atoms with Crippen molar-refractivity contribution in [3.8, 4) is 0 Å². The van der Waals surface area contributed by atoms with E-state index >= 15 is 0 Å². The Bertz CT molecular complexity index is 801. The van der Waals surface area contributed by atoms with E-state index < -0.39 is 27.6 Å². The van der Waals surface area contributed by atoms with Crippen molar-refractivity contribution in [1.82, 2.24) is 4.90 Å². The standard InChI is InChI=1S/C16H16FNO4S/c17-14-5-2-1-4-12(14)10-18(13-7-9-23(20,21)11-13)16(19)15-6-3-8-22-15/h1-6,8,13H,7,9-11H2/t13-/m0/s1. The van der Waals surface area contributed by atoms with Crippen molar-refractivity contribution in [2.24, 2.45) is 0 Å². The molecule has 3 rings (SSSR count). The first kappa shape index (κ1) is 15.7. The van der Waals surface area contributed by atoms with Crippen molar-refractivity contribution in [3.05, 3.63) is 59.8 Å². The van der Waals surface area contributed by atoms with Gasteiger partial charge in [-0.3, -0.25) is 4.79 Å². The lowest BCUT2D eigenvalue weighted by molar-refractivity contribution is 0.0646. The molecule has 0 radical (unpaired) electrons. The Balaban J connectivity index is 1.90.